The third-order valence-corrected chi connectivity index (χ3v) is 3.91. The van der Waals surface area contributed by atoms with E-state index in [4.69, 9.17) is 0 Å². The zero-order valence-electron chi connectivity index (χ0n) is 16.4. The highest BCUT2D eigenvalue weighted by Gasteiger charge is 2.10. The Morgan fingerprint density at radius 1 is 0.929 bits per heavy atom. The van der Waals surface area contributed by atoms with Gasteiger partial charge < -0.3 is 20.9 Å². The van der Waals surface area contributed by atoms with Gasteiger partial charge >= 0.3 is 0 Å². The largest absolute Gasteiger partial charge is 0.376 e. The lowest BCUT2D eigenvalue weighted by molar-refractivity contribution is -0.114. The highest BCUT2D eigenvalue weighted by atomic mass is 16.2. The average Bonchev–Trinajstić information content (AvgIpc) is 2.70. The summed E-state index contributed by atoms with van der Waals surface area (Å²) in [7, 11) is 3.35. The molecule has 0 unspecified atom stereocenters. The molecule has 0 radical (unpaired) electrons. The van der Waals surface area contributed by atoms with E-state index in [1.54, 1.807) is 62.6 Å². The molecule has 3 N–H and O–H groups in total. The molecule has 0 saturated heterocycles. The first-order valence-electron chi connectivity index (χ1n) is 9.14. The lowest BCUT2D eigenvalue weighted by Gasteiger charge is -2.12. The van der Waals surface area contributed by atoms with Crippen LogP contribution in [0.25, 0.3) is 0 Å². The van der Waals surface area contributed by atoms with Gasteiger partial charge in [0, 0.05) is 43.1 Å². The van der Waals surface area contributed by atoms with Crippen molar-refractivity contribution >= 4 is 29.1 Å². The van der Waals surface area contributed by atoms with Gasteiger partial charge in [-0.15, -0.1) is 0 Å². The van der Waals surface area contributed by atoms with Crippen molar-refractivity contribution < 1.29 is 14.4 Å². The monoisotopic (exact) mass is 382 g/mol. The van der Waals surface area contributed by atoms with E-state index in [-0.39, 0.29) is 24.3 Å². The number of nitrogens with zero attached hydrogens (tertiary/aromatic N) is 1. The Hall–Kier alpha value is -3.35. The summed E-state index contributed by atoms with van der Waals surface area (Å²) in [4.78, 5) is 37.7. The minimum atomic E-state index is -0.254. The number of carbonyl (C=O) groups is 3. The Balaban J connectivity index is 1.93. The standard InChI is InChI=1S/C21H26N4O3/c1-4-11-22-20(27)15-7-5-9-17(12-15)23-14-19(26)24-18-10-6-8-16(13-18)21(28)25(2)3/h5-10,12-13,23H,4,11,14H2,1-3H3,(H,22,27)(H,24,26). The fraction of sp³-hybridized carbons (Fsp3) is 0.286. The summed E-state index contributed by atoms with van der Waals surface area (Å²) in [5.41, 5.74) is 2.26. The highest BCUT2D eigenvalue weighted by molar-refractivity contribution is 5.98. The Morgan fingerprint density at radius 2 is 1.57 bits per heavy atom. The Bertz CT molecular complexity index is 849. The van der Waals surface area contributed by atoms with Crippen molar-refractivity contribution in [3.8, 4) is 0 Å². The van der Waals surface area contributed by atoms with Gasteiger partial charge in [0.1, 0.15) is 0 Å². The summed E-state index contributed by atoms with van der Waals surface area (Å²) in [6.45, 7) is 2.64. The summed E-state index contributed by atoms with van der Waals surface area (Å²) in [6.07, 6.45) is 0.866. The molecular weight excluding hydrogens is 356 g/mol. The summed E-state index contributed by atoms with van der Waals surface area (Å²) in [5.74, 6) is -0.528. The number of benzene rings is 2. The third kappa shape index (κ3) is 6.12. The van der Waals surface area contributed by atoms with E-state index >= 15 is 0 Å². The molecule has 0 heterocycles. The molecule has 28 heavy (non-hydrogen) atoms. The smallest absolute Gasteiger partial charge is 0.253 e. The van der Waals surface area contributed by atoms with E-state index in [9.17, 15) is 14.4 Å². The van der Waals surface area contributed by atoms with Crippen LogP contribution in [0.2, 0.25) is 0 Å². The van der Waals surface area contributed by atoms with Crippen LogP contribution in [0, 0.1) is 0 Å². The fourth-order valence-electron chi connectivity index (χ4n) is 2.49. The van der Waals surface area contributed by atoms with Crippen LogP contribution in [-0.2, 0) is 4.79 Å². The molecule has 0 atom stereocenters. The van der Waals surface area contributed by atoms with Crippen molar-refractivity contribution in [1.29, 1.82) is 0 Å². The van der Waals surface area contributed by atoms with Crippen molar-refractivity contribution in [2.45, 2.75) is 13.3 Å². The predicted octanol–water partition coefficient (Wildman–Crippen LogP) is 2.58. The van der Waals surface area contributed by atoms with Crippen LogP contribution in [0.1, 0.15) is 34.1 Å². The number of anilines is 2. The lowest BCUT2D eigenvalue weighted by Crippen LogP contribution is -2.25. The number of rotatable bonds is 8. The van der Waals surface area contributed by atoms with Crippen molar-refractivity contribution in [1.82, 2.24) is 10.2 Å². The predicted molar refractivity (Wildman–Crippen MR) is 111 cm³/mol. The van der Waals surface area contributed by atoms with Crippen LogP contribution in [0.15, 0.2) is 48.5 Å². The first kappa shape index (κ1) is 21.0. The molecule has 0 aliphatic carbocycles. The third-order valence-electron chi connectivity index (χ3n) is 3.91. The van der Waals surface area contributed by atoms with Crippen molar-refractivity contribution in [3.05, 3.63) is 59.7 Å². The lowest BCUT2D eigenvalue weighted by atomic mass is 10.1. The number of amides is 3. The quantitative estimate of drug-likeness (QED) is 0.654. The molecule has 148 valence electrons. The molecule has 7 nitrogen and oxygen atoms in total. The summed E-state index contributed by atoms with van der Waals surface area (Å²) in [6, 6.07) is 13.8. The number of carbonyl (C=O) groups excluding carboxylic acids is 3. The maximum atomic E-state index is 12.2. The Labute approximate surface area is 165 Å². The first-order chi connectivity index (χ1) is 13.4. The van der Waals surface area contributed by atoms with Crippen molar-refractivity contribution in [2.24, 2.45) is 0 Å². The minimum Gasteiger partial charge on any atom is -0.376 e. The van der Waals surface area contributed by atoms with E-state index in [1.807, 2.05) is 6.92 Å². The average molecular weight is 382 g/mol. The van der Waals surface area contributed by atoms with E-state index in [2.05, 4.69) is 16.0 Å². The van der Waals surface area contributed by atoms with Crippen molar-refractivity contribution in [3.63, 3.8) is 0 Å². The number of hydrogen-bond donors (Lipinski definition) is 3. The van der Waals surface area contributed by atoms with E-state index in [1.165, 1.54) is 4.90 Å². The van der Waals surface area contributed by atoms with Crippen LogP contribution in [0.5, 0.6) is 0 Å². The van der Waals surface area contributed by atoms with Gasteiger partial charge in [-0.2, -0.15) is 0 Å². The topological polar surface area (TPSA) is 90.5 Å². The highest BCUT2D eigenvalue weighted by Crippen LogP contribution is 2.13. The van der Waals surface area contributed by atoms with E-state index < -0.39 is 0 Å². The molecule has 0 fully saturated rings. The molecule has 0 aliphatic heterocycles. The van der Waals surface area contributed by atoms with Crippen LogP contribution >= 0.6 is 0 Å². The molecule has 0 spiro atoms. The second-order valence-electron chi connectivity index (χ2n) is 6.52. The number of nitrogens with one attached hydrogen (secondary N) is 3. The second kappa shape index (κ2) is 10.1. The molecule has 0 aromatic heterocycles. The maximum absolute atomic E-state index is 12.2. The van der Waals surface area contributed by atoms with Gasteiger partial charge in [0.05, 0.1) is 6.54 Å². The first-order valence-corrected chi connectivity index (χ1v) is 9.14. The Kier molecular flexibility index (Phi) is 7.56. The SMILES string of the molecule is CCCNC(=O)c1cccc(NCC(=O)Nc2cccc(C(=O)N(C)C)c2)c1. The molecule has 0 aliphatic rings. The van der Waals surface area contributed by atoms with Gasteiger partial charge in [-0.05, 0) is 42.8 Å². The maximum Gasteiger partial charge on any atom is 0.253 e. The van der Waals surface area contributed by atoms with Gasteiger partial charge in [-0.1, -0.05) is 19.1 Å². The summed E-state index contributed by atoms with van der Waals surface area (Å²) >= 11 is 0. The molecular formula is C21H26N4O3. The summed E-state index contributed by atoms with van der Waals surface area (Å²) in [5, 5.41) is 8.58. The molecule has 3 amide bonds. The van der Waals surface area contributed by atoms with Gasteiger partial charge in [0.2, 0.25) is 5.91 Å². The van der Waals surface area contributed by atoms with Gasteiger partial charge in [-0.3, -0.25) is 14.4 Å². The van der Waals surface area contributed by atoms with Crippen molar-refractivity contribution in [2.75, 3.05) is 37.8 Å². The zero-order valence-corrected chi connectivity index (χ0v) is 16.4. The molecule has 2 rings (SSSR count). The van der Waals surface area contributed by atoms with E-state index in [0.29, 0.717) is 29.0 Å². The normalized spacial score (nSPS) is 10.1. The molecule has 7 heteroatoms. The van der Waals surface area contributed by atoms with Gasteiger partial charge in [0.25, 0.3) is 11.8 Å². The van der Waals surface area contributed by atoms with Crippen LogP contribution < -0.4 is 16.0 Å². The zero-order chi connectivity index (χ0) is 20.5. The van der Waals surface area contributed by atoms with Gasteiger partial charge in [0.15, 0.2) is 0 Å². The van der Waals surface area contributed by atoms with Crippen LogP contribution in [0.4, 0.5) is 11.4 Å². The summed E-state index contributed by atoms with van der Waals surface area (Å²) < 4.78 is 0. The fourth-order valence-corrected chi connectivity index (χ4v) is 2.49. The second-order valence-corrected chi connectivity index (χ2v) is 6.52. The minimum absolute atomic E-state index is 0.0336. The Morgan fingerprint density at radius 3 is 2.25 bits per heavy atom. The van der Waals surface area contributed by atoms with Crippen LogP contribution in [0.3, 0.4) is 0 Å². The molecule has 2 aromatic carbocycles. The molecule has 2 aromatic rings. The molecule has 0 saturated carbocycles. The van der Waals surface area contributed by atoms with Crippen LogP contribution in [-0.4, -0.2) is 49.8 Å². The molecule has 0 bridgehead atoms. The van der Waals surface area contributed by atoms with E-state index in [0.717, 1.165) is 6.42 Å². The number of hydrogen-bond acceptors (Lipinski definition) is 4. The van der Waals surface area contributed by atoms with Gasteiger partial charge in [-0.25, -0.2) is 0 Å².